The second-order valence-electron chi connectivity index (χ2n) is 9.81. The molecule has 0 fully saturated rings. The van der Waals surface area contributed by atoms with Gasteiger partial charge >= 0.3 is 5.97 Å². The molecule has 1 aliphatic heterocycles. The maximum absolute atomic E-state index is 13.5. The van der Waals surface area contributed by atoms with Crippen molar-refractivity contribution in [1.82, 2.24) is 4.57 Å². The van der Waals surface area contributed by atoms with Crippen LogP contribution in [0.5, 0.6) is 5.75 Å². The van der Waals surface area contributed by atoms with Gasteiger partial charge in [0.05, 0.1) is 10.9 Å². The van der Waals surface area contributed by atoms with Crippen LogP contribution in [0.15, 0.2) is 90.1 Å². The number of aryl methyl sites for hydroxylation is 2. The maximum atomic E-state index is 13.5. The highest BCUT2D eigenvalue weighted by Crippen LogP contribution is 2.43. The van der Waals surface area contributed by atoms with E-state index >= 15 is 0 Å². The Hall–Kier alpha value is -4.71. The lowest BCUT2D eigenvalue weighted by Crippen LogP contribution is -2.24. The second kappa shape index (κ2) is 9.87. The first-order chi connectivity index (χ1) is 19.0. The number of aromatic nitrogens is 1. The minimum atomic E-state index is -0.488. The molecule has 1 aliphatic rings. The van der Waals surface area contributed by atoms with Crippen molar-refractivity contribution in [3.8, 4) is 5.75 Å². The Balaban J connectivity index is 1.54. The maximum Gasteiger partial charge on any atom is 0.331 e. The van der Waals surface area contributed by atoms with Gasteiger partial charge in [0.25, 0.3) is 0 Å². The first kappa shape index (κ1) is 24.6. The van der Waals surface area contributed by atoms with E-state index in [1.807, 2.05) is 85.8 Å². The third kappa shape index (κ3) is 4.28. The number of carbonyl (C=O) groups is 2. The molecule has 6 heteroatoms. The lowest BCUT2D eigenvalue weighted by atomic mass is 9.97. The van der Waals surface area contributed by atoms with Gasteiger partial charge in [0, 0.05) is 47.5 Å². The van der Waals surface area contributed by atoms with Gasteiger partial charge in [-0.15, -0.1) is 0 Å². The first-order valence-corrected chi connectivity index (χ1v) is 13.1. The van der Waals surface area contributed by atoms with Crippen LogP contribution >= 0.6 is 0 Å². The topological polar surface area (TPSA) is 69.9 Å². The predicted molar refractivity (Wildman–Crippen MR) is 153 cm³/mol. The fraction of sp³-hybridized carbons (Fsp3) is 0.182. The third-order valence-electron chi connectivity index (χ3n) is 7.33. The Bertz CT molecular complexity index is 1780. The standard InChI is InChI=1S/C33H28N2O4/c1-4-35-27-16-14-23(32(37)24-13-9-8-10-20(24)2)19-26(27)30-28(35)17-15-25-31(34-39-21(3)36)29(38-33(25)30)18-22-11-6-5-7-12-22/h5-17,19,29H,4,18H2,1-3H3/b34-31-. The van der Waals surface area contributed by atoms with Gasteiger partial charge in [-0.05, 0) is 55.3 Å². The van der Waals surface area contributed by atoms with Crippen molar-refractivity contribution in [1.29, 1.82) is 0 Å². The van der Waals surface area contributed by atoms with E-state index in [1.54, 1.807) is 0 Å². The van der Waals surface area contributed by atoms with Crippen molar-refractivity contribution in [3.63, 3.8) is 0 Å². The smallest absolute Gasteiger partial charge is 0.331 e. The SMILES string of the molecule is CCn1c2ccc(C(=O)c3ccccc3C)cc2c2c3c(ccc21)/C(=N/OC(C)=O)C(Cc1ccccc1)O3. The summed E-state index contributed by atoms with van der Waals surface area (Å²) >= 11 is 0. The monoisotopic (exact) mass is 516 g/mol. The summed E-state index contributed by atoms with van der Waals surface area (Å²) in [6.07, 6.45) is 0.143. The van der Waals surface area contributed by atoms with Crippen molar-refractivity contribution in [2.45, 2.75) is 39.8 Å². The summed E-state index contributed by atoms with van der Waals surface area (Å²) in [5.74, 6) is 0.189. The summed E-state index contributed by atoms with van der Waals surface area (Å²) in [5.41, 5.74) is 6.75. The lowest BCUT2D eigenvalue weighted by Gasteiger charge is -2.11. The molecule has 6 rings (SSSR count). The number of hydrogen-bond acceptors (Lipinski definition) is 5. The number of rotatable bonds is 6. The molecular weight excluding hydrogens is 488 g/mol. The Labute approximate surface area is 226 Å². The van der Waals surface area contributed by atoms with Crippen molar-refractivity contribution >= 4 is 39.3 Å². The molecule has 1 aromatic heterocycles. The molecule has 6 nitrogen and oxygen atoms in total. The molecule has 0 saturated heterocycles. The van der Waals surface area contributed by atoms with E-state index in [1.165, 1.54) is 6.92 Å². The van der Waals surface area contributed by atoms with Crippen LogP contribution in [0.1, 0.15) is 46.5 Å². The van der Waals surface area contributed by atoms with E-state index in [0.717, 1.165) is 45.0 Å². The van der Waals surface area contributed by atoms with Gasteiger partial charge in [-0.1, -0.05) is 59.8 Å². The van der Waals surface area contributed by atoms with Gasteiger partial charge in [0.15, 0.2) is 5.78 Å². The molecular formula is C33H28N2O4. The number of ketones is 1. The third-order valence-corrected chi connectivity index (χ3v) is 7.33. The van der Waals surface area contributed by atoms with E-state index in [2.05, 4.69) is 22.7 Å². The number of hydrogen-bond donors (Lipinski definition) is 0. The van der Waals surface area contributed by atoms with Gasteiger partial charge < -0.3 is 14.1 Å². The number of benzene rings is 4. The Morgan fingerprint density at radius 3 is 2.44 bits per heavy atom. The fourth-order valence-corrected chi connectivity index (χ4v) is 5.51. The Morgan fingerprint density at radius 1 is 0.949 bits per heavy atom. The van der Waals surface area contributed by atoms with Crippen LogP contribution in [-0.4, -0.2) is 28.1 Å². The summed E-state index contributed by atoms with van der Waals surface area (Å²) in [6.45, 7) is 6.14. The molecule has 0 radical (unpaired) electrons. The zero-order valence-corrected chi connectivity index (χ0v) is 22.1. The van der Waals surface area contributed by atoms with Crippen LogP contribution < -0.4 is 4.74 Å². The zero-order valence-electron chi connectivity index (χ0n) is 22.1. The number of ether oxygens (including phenoxy) is 1. The quantitative estimate of drug-likeness (QED) is 0.144. The molecule has 5 aromatic rings. The predicted octanol–water partition coefficient (Wildman–Crippen LogP) is 6.62. The molecule has 194 valence electrons. The molecule has 0 N–H and O–H groups in total. The van der Waals surface area contributed by atoms with Gasteiger partial charge in [-0.2, -0.15) is 0 Å². The van der Waals surface area contributed by atoms with Crippen molar-refractivity contribution in [3.05, 3.63) is 113 Å². The largest absolute Gasteiger partial charge is 0.482 e. The zero-order chi connectivity index (χ0) is 27.1. The number of nitrogens with zero attached hydrogens (tertiary/aromatic N) is 2. The van der Waals surface area contributed by atoms with Gasteiger partial charge in [0.1, 0.15) is 17.6 Å². The average molecular weight is 517 g/mol. The molecule has 0 bridgehead atoms. The van der Waals surface area contributed by atoms with Gasteiger partial charge in [0.2, 0.25) is 0 Å². The van der Waals surface area contributed by atoms with E-state index in [9.17, 15) is 9.59 Å². The number of carbonyl (C=O) groups excluding carboxylic acids is 2. The molecule has 0 aliphatic carbocycles. The molecule has 1 atom stereocenters. The van der Waals surface area contributed by atoms with Gasteiger partial charge in [-0.25, -0.2) is 4.79 Å². The summed E-state index contributed by atoms with van der Waals surface area (Å²) in [5, 5.41) is 6.10. The lowest BCUT2D eigenvalue weighted by molar-refractivity contribution is -0.140. The highest BCUT2D eigenvalue weighted by molar-refractivity contribution is 6.20. The van der Waals surface area contributed by atoms with Crippen LogP contribution in [0.3, 0.4) is 0 Å². The average Bonchev–Trinajstić information content (AvgIpc) is 3.46. The number of fused-ring (bicyclic) bond motifs is 5. The molecule has 2 heterocycles. The number of oxime groups is 1. The van der Waals surface area contributed by atoms with Crippen molar-refractivity contribution < 1.29 is 19.2 Å². The second-order valence-corrected chi connectivity index (χ2v) is 9.81. The molecule has 0 saturated carbocycles. The van der Waals surface area contributed by atoms with Crippen molar-refractivity contribution in [2.75, 3.05) is 0 Å². The van der Waals surface area contributed by atoms with Crippen LogP contribution in [0, 0.1) is 6.92 Å². The molecule has 0 amide bonds. The first-order valence-electron chi connectivity index (χ1n) is 13.1. The Kier molecular flexibility index (Phi) is 6.23. The molecule has 39 heavy (non-hydrogen) atoms. The van der Waals surface area contributed by atoms with Crippen LogP contribution in [-0.2, 0) is 22.6 Å². The normalized spacial score (nSPS) is 15.5. The summed E-state index contributed by atoms with van der Waals surface area (Å²) in [4.78, 5) is 30.3. The summed E-state index contributed by atoms with van der Waals surface area (Å²) < 4.78 is 8.84. The van der Waals surface area contributed by atoms with E-state index in [0.29, 0.717) is 29.0 Å². The molecule has 1 unspecified atom stereocenters. The van der Waals surface area contributed by atoms with Crippen LogP contribution in [0.25, 0.3) is 21.8 Å². The Morgan fingerprint density at radius 2 is 1.69 bits per heavy atom. The van der Waals surface area contributed by atoms with E-state index in [-0.39, 0.29) is 5.78 Å². The van der Waals surface area contributed by atoms with Crippen LogP contribution in [0.2, 0.25) is 0 Å². The van der Waals surface area contributed by atoms with E-state index < -0.39 is 12.1 Å². The summed E-state index contributed by atoms with van der Waals surface area (Å²) in [6, 6.07) is 27.6. The fourth-order valence-electron chi connectivity index (χ4n) is 5.51. The van der Waals surface area contributed by atoms with Gasteiger partial charge in [-0.3, -0.25) is 4.79 Å². The minimum absolute atomic E-state index is 0.0139. The van der Waals surface area contributed by atoms with E-state index in [4.69, 9.17) is 9.57 Å². The van der Waals surface area contributed by atoms with Crippen LogP contribution in [0.4, 0.5) is 0 Å². The minimum Gasteiger partial charge on any atom is -0.482 e. The summed E-state index contributed by atoms with van der Waals surface area (Å²) in [7, 11) is 0. The molecule has 4 aromatic carbocycles. The highest BCUT2D eigenvalue weighted by Gasteiger charge is 2.34. The molecule has 0 spiro atoms. The van der Waals surface area contributed by atoms with Crippen molar-refractivity contribution in [2.24, 2.45) is 5.16 Å². The highest BCUT2D eigenvalue weighted by atomic mass is 16.7.